The van der Waals surface area contributed by atoms with Crippen molar-refractivity contribution in [2.24, 2.45) is 12.5 Å². The van der Waals surface area contributed by atoms with Crippen LogP contribution in [0.4, 0.5) is 0 Å². The fourth-order valence-electron chi connectivity index (χ4n) is 2.31. The van der Waals surface area contributed by atoms with E-state index in [9.17, 15) is 4.79 Å². The van der Waals surface area contributed by atoms with Crippen LogP contribution in [0.25, 0.3) is 11.1 Å². The first kappa shape index (κ1) is 13.7. The van der Waals surface area contributed by atoms with Crippen molar-refractivity contribution in [1.82, 2.24) is 4.57 Å². The van der Waals surface area contributed by atoms with E-state index in [1.165, 1.54) is 4.57 Å². The molecule has 20 heavy (non-hydrogen) atoms. The number of benzene rings is 1. The second-order valence-electron chi connectivity index (χ2n) is 5.86. The van der Waals surface area contributed by atoms with Gasteiger partial charge in [-0.3, -0.25) is 4.57 Å². The third-order valence-electron chi connectivity index (χ3n) is 3.42. The first-order valence-electron chi connectivity index (χ1n) is 6.40. The number of oxazole rings is 1. The lowest BCUT2D eigenvalue weighted by Gasteiger charge is -2.33. The van der Waals surface area contributed by atoms with Gasteiger partial charge in [-0.05, 0) is 6.07 Å². The molecule has 2 aromatic rings. The van der Waals surface area contributed by atoms with Gasteiger partial charge in [-0.25, -0.2) is 4.79 Å². The standard InChI is InChI=1S/C13H15BClNO4/c1-13(2)6-18-14(19-7-13)8-4-5-9(15)11-10(8)16(3)12(17)20-11/h4-5H,6-7H2,1-3H3. The molecule has 5 nitrogen and oxygen atoms in total. The van der Waals surface area contributed by atoms with E-state index in [4.69, 9.17) is 25.3 Å². The predicted octanol–water partition coefficient (Wildman–Crippen LogP) is 1.55. The number of hydrogen-bond donors (Lipinski definition) is 0. The number of nitrogens with zero attached hydrogens (tertiary/aromatic N) is 1. The Balaban J connectivity index is 2.09. The van der Waals surface area contributed by atoms with E-state index < -0.39 is 12.9 Å². The maximum absolute atomic E-state index is 11.7. The zero-order valence-corrected chi connectivity index (χ0v) is 12.4. The molecule has 1 fully saturated rings. The van der Waals surface area contributed by atoms with Gasteiger partial charge >= 0.3 is 12.9 Å². The normalized spacial score (nSPS) is 18.7. The van der Waals surface area contributed by atoms with Crippen LogP contribution in [0.1, 0.15) is 13.8 Å². The maximum Gasteiger partial charge on any atom is 0.496 e. The Hall–Kier alpha value is -1.24. The molecule has 106 valence electrons. The third-order valence-corrected chi connectivity index (χ3v) is 3.72. The Bertz CT molecular complexity index is 711. The second-order valence-corrected chi connectivity index (χ2v) is 6.27. The number of aromatic nitrogens is 1. The average Bonchev–Trinajstić information content (AvgIpc) is 2.69. The number of hydrogen-bond acceptors (Lipinski definition) is 4. The third kappa shape index (κ3) is 2.18. The molecular weight excluding hydrogens is 280 g/mol. The lowest BCUT2D eigenvalue weighted by Crippen LogP contribution is -2.48. The van der Waals surface area contributed by atoms with Gasteiger partial charge in [-0.15, -0.1) is 0 Å². The molecule has 0 atom stereocenters. The van der Waals surface area contributed by atoms with Crippen LogP contribution in [0, 0.1) is 5.41 Å². The molecular formula is C13H15BClNO4. The summed E-state index contributed by atoms with van der Waals surface area (Å²) in [6.07, 6.45) is 0. The Kier molecular flexibility index (Phi) is 3.19. The van der Waals surface area contributed by atoms with Crippen molar-refractivity contribution in [2.75, 3.05) is 13.2 Å². The van der Waals surface area contributed by atoms with Crippen LogP contribution >= 0.6 is 11.6 Å². The summed E-state index contributed by atoms with van der Waals surface area (Å²) in [6, 6.07) is 3.50. The minimum Gasteiger partial charge on any atom is -0.407 e. The Morgan fingerprint density at radius 1 is 1.30 bits per heavy atom. The van der Waals surface area contributed by atoms with Crippen molar-refractivity contribution < 1.29 is 13.7 Å². The Labute approximate surface area is 121 Å². The van der Waals surface area contributed by atoms with Crippen molar-refractivity contribution in [3.05, 3.63) is 27.7 Å². The van der Waals surface area contributed by atoms with Crippen LogP contribution in [0.2, 0.25) is 5.02 Å². The molecule has 1 aliphatic heterocycles. The fraction of sp³-hybridized carbons (Fsp3) is 0.462. The number of fused-ring (bicyclic) bond motifs is 1. The van der Waals surface area contributed by atoms with E-state index in [1.807, 2.05) is 6.07 Å². The zero-order chi connectivity index (χ0) is 14.5. The Morgan fingerprint density at radius 3 is 2.60 bits per heavy atom. The second kappa shape index (κ2) is 4.65. The molecule has 1 saturated heterocycles. The van der Waals surface area contributed by atoms with Crippen LogP contribution in [0.5, 0.6) is 0 Å². The molecule has 1 aliphatic rings. The van der Waals surface area contributed by atoms with E-state index in [0.717, 1.165) is 5.46 Å². The van der Waals surface area contributed by atoms with E-state index >= 15 is 0 Å². The van der Waals surface area contributed by atoms with Crippen LogP contribution < -0.4 is 11.2 Å². The highest BCUT2D eigenvalue weighted by Crippen LogP contribution is 2.25. The Morgan fingerprint density at radius 2 is 1.95 bits per heavy atom. The zero-order valence-electron chi connectivity index (χ0n) is 11.6. The summed E-state index contributed by atoms with van der Waals surface area (Å²) in [6.45, 7) is 5.34. The molecule has 1 aromatic heterocycles. The summed E-state index contributed by atoms with van der Waals surface area (Å²) >= 11 is 6.07. The monoisotopic (exact) mass is 295 g/mol. The fourth-order valence-corrected chi connectivity index (χ4v) is 2.51. The van der Waals surface area contributed by atoms with Gasteiger partial charge in [-0.2, -0.15) is 0 Å². The highest BCUT2D eigenvalue weighted by atomic mass is 35.5. The van der Waals surface area contributed by atoms with Crippen molar-refractivity contribution in [3.8, 4) is 0 Å². The summed E-state index contributed by atoms with van der Waals surface area (Å²) in [5.74, 6) is -0.453. The van der Waals surface area contributed by atoms with Crippen LogP contribution in [0.3, 0.4) is 0 Å². The molecule has 7 heteroatoms. The van der Waals surface area contributed by atoms with Crippen molar-refractivity contribution >= 4 is 35.3 Å². The lowest BCUT2D eigenvalue weighted by molar-refractivity contribution is 0.0344. The van der Waals surface area contributed by atoms with Gasteiger partial charge in [0.15, 0.2) is 5.58 Å². The van der Waals surface area contributed by atoms with Gasteiger partial charge in [0.2, 0.25) is 0 Å². The lowest BCUT2D eigenvalue weighted by atomic mass is 9.75. The largest absolute Gasteiger partial charge is 0.496 e. The van der Waals surface area contributed by atoms with E-state index in [1.54, 1.807) is 13.1 Å². The van der Waals surface area contributed by atoms with E-state index in [2.05, 4.69) is 13.8 Å². The quantitative estimate of drug-likeness (QED) is 0.749. The summed E-state index contributed by atoms with van der Waals surface area (Å²) in [7, 11) is 1.13. The van der Waals surface area contributed by atoms with E-state index in [-0.39, 0.29) is 5.41 Å². The first-order valence-corrected chi connectivity index (χ1v) is 6.78. The van der Waals surface area contributed by atoms with Crippen molar-refractivity contribution in [1.29, 1.82) is 0 Å². The summed E-state index contributed by atoms with van der Waals surface area (Å²) in [5, 5.41) is 0.401. The molecule has 0 radical (unpaired) electrons. The van der Waals surface area contributed by atoms with Gasteiger partial charge in [0.05, 0.1) is 10.5 Å². The average molecular weight is 296 g/mol. The molecule has 2 heterocycles. The molecule has 0 amide bonds. The van der Waals surface area contributed by atoms with Crippen LogP contribution in [0.15, 0.2) is 21.3 Å². The van der Waals surface area contributed by atoms with Gasteiger partial charge in [-0.1, -0.05) is 31.5 Å². The molecule has 0 saturated carbocycles. The number of aryl methyl sites for hydroxylation is 1. The molecule has 1 aromatic carbocycles. The van der Waals surface area contributed by atoms with Crippen LogP contribution in [-0.4, -0.2) is 24.9 Å². The van der Waals surface area contributed by atoms with Crippen molar-refractivity contribution in [3.63, 3.8) is 0 Å². The van der Waals surface area contributed by atoms with E-state index in [0.29, 0.717) is 29.3 Å². The van der Waals surface area contributed by atoms with Crippen molar-refractivity contribution in [2.45, 2.75) is 13.8 Å². The van der Waals surface area contributed by atoms with Gasteiger partial charge in [0.25, 0.3) is 0 Å². The SMILES string of the molecule is Cn1c(=O)oc2c(Cl)ccc(B3OCC(C)(C)CO3)c21. The molecule has 0 unspecified atom stereocenters. The first-order chi connectivity index (χ1) is 9.39. The predicted molar refractivity (Wildman–Crippen MR) is 77.5 cm³/mol. The molecule has 0 spiro atoms. The highest BCUT2D eigenvalue weighted by molar-refractivity contribution is 6.64. The van der Waals surface area contributed by atoms with Gasteiger partial charge < -0.3 is 13.7 Å². The molecule has 0 bridgehead atoms. The summed E-state index contributed by atoms with van der Waals surface area (Å²) in [5.41, 5.74) is 1.73. The summed E-state index contributed by atoms with van der Waals surface area (Å²) < 4.78 is 18.1. The number of rotatable bonds is 1. The topological polar surface area (TPSA) is 53.6 Å². The molecule has 0 aliphatic carbocycles. The van der Waals surface area contributed by atoms with Gasteiger partial charge in [0, 0.05) is 31.1 Å². The minimum atomic E-state index is -0.508. The maximum atomic E-state index is 11.7. The summed E-state index contributed by atoms with van der Waals surface area (Å²) in [4.78, 5) is 11.7. The smallest absolute Gasteiger partial charge is 0.407 e. The minimum absolute atomic E-state index is 0.00960. The molecule has 3 rings (SSSR count). The van der Waals surface area contributed by atoms with Crippen LogP contribution in [-0.2, 0) is 16.4 Å². The number of halogens is 1. The van der Waals surface area contributed by atoms with Gasteiger partial charge in [0.1, 0.15) is 0 Å². The molecule has 0 N–H and O–H groups in total. The highest BCUT2D eigenvalue weighted by Gasteiger charge is 2.35.